The predicted molar refractivity (Wildman–Crippen MR) is 37.2 cm³/mol. The summed E-state index contributed by atoms with van der Waals surface area (Å²) in [5.74, 6) is -0.843. The molecular formula is C8H7NO2. The number of allylic oxidation sites excluding steroid dienone is 1. The Balaban J connectivity index is 2.36. The van der Waals surface area contributed by atoms with Gasteiger partial charge >= 0.3 is 0 Å². The molecule has 1 saturated heterocycles. The van der Waals surface area contributed by atoms with E-state index in [1.54, 1.807) is 0 Å². The molecule has 1 fully saturated rings. The van der Waals surface area contributed by atoms with Crippen LogP contribution in [0.1, 0.15) is 12.8 Å². The zero-order valence-electron chi connectivity index (χ0n) is 5.89. The van der Waals surface area contributed by atoms with E-state index in [2.05, 4.69) is 11.7 Å². The highest BCUT2D eigenvalue weighted by Gasteiger charge is 2.37. The van der Waals surface area contributed by atoms with Crippen LogP contribution in [0.5, 0.6) is 0 Å². The SMILES string of the molecule is O=C1NC(=O)C2[C]CCC=C12. The van der Waals surface area contributed by atoms with Crippen LogP contribution in [0.15, 0.2) is 11.6 Å². The maximum atomic E-state index is 11.0. The van der Waals surface area contributed by atoms with Gasteiger partial charge in [-0.3, -0.25) is 14.9 Å². The van der Waals surface area contributed by atoms with Crippen molar-refractivity contribution in [3.63, 3.8) is 0 Å². The summed E-state index contributed by atoms with van der Waals surface area (Å²) in [6.45, 7) is 0. The van der Waals surface area contributed by atoms with E-state index in [1.165, 1.54) is 0 Å². The van der Waals surface area contributed by atoms with Crippen LogP contribution in [-0.2, 0) is 9.59 Å². The molecule has 0 aromatic heterocycles. The molecule has 0 spiro atoms. The molecule has 0 aromatic rings. The molecule has 2 aliphatic rings. The predicted octanol–water partition coefficient (Wildman–Crippen LogP) is 0.0605. The highest BCUT2D eigenvalue weighted by Crippen LogP contribution is 2.27. The standard InChI is InChI=1S/C8H7NO2/c10-7-5-3-1-2-4-6(5)8(11)9-7/h3,6H,1-2H2,(H,9,10,11). The largest absolute Gasteiger partial charge is 0.292 e. The number of nitrogens with one attached hydrogen (secondary N) is 1. The van der Waals surface area contributed by atoms with Crippen molar-refractivity contribution in [1.29, 1.82) is 0 Å². The van der Waals surface area contributed by atoms with Crippen LogP contribution < -0.4 is 5.32 Å². The Morgan fingerprint density at radius 3 is 3.09 bits per heavy atom. The Morgan fingerprint density at radius 2 is 2.36 bits per heavy atom. The lowest BCUT2D eigenvalue weighted by atomic mass is 9.90. The van der Waals surface area contributed by atoms with Crippen molar-refractivity contribution in [3.8, 4) is 0 Å². The summed E-state index contributed by atoms with van der Waals surface area (Å²) in [6.07, 6.45) is 6.38. The van der Waals surface area contributed by atoms with Gasteiger partial charge in [0.25, 0.3) is 5.91 Å². The van der Waals surface area contributed by atoms with Gasteiger partial charge in [0.2, 0.25) is 5.91 Å². The smallest absolute Gasteiger partial charge is 0.254 e. The van der Waals surface area contributed by atoms with Gasteiger partial charge in [-0.25, -0.2) is 0 Å². The molecule has 1 N–H and O–H groups in total. The van der Waals surface area contributed by atoms with Gasteiger partial charge in [0.1, 0.15) is 0 Å². The molecule has 0 bridgehead atoms. The molecule has 1 heterocycles. The number of carbonyl (C=O) groups is 2. The molecule has 11 heavy (non-hydrogen) atoms. The summed E-state index contributed by atoms with van der Waals surface area (Å²) < 4.78 is 0. The van der Waals surface area contributed by atoms with Crippen LogP contribution in [0, 0.1) is 12.3 Å². The van der Waals surface area contributed by atoms with E-state index in [9.17, 15) is 9.59 Å². The van der Waals surface area contributed by atoms with Gasteiger partial charge in [-0.2, -0.15) is 0 Å². The third kappa shape index (κ3) is 0.878. The number of hydrogen-bond acceptors (Lipinski definition) is 2. The fourth-order valence-corrected chi connectivity index (χ4v) is 1.40. The molecule has 0 saturated carbocycles. The Morgan fingerprint density at radius 1 is 1.55 bits per heavy atom. The fourth-order valence-electron chi connectivity index (χ4n) is 1.40. The minimum Gasteiger partial charge on any atom is -0.292 e. The molecular weight excluding hydrogens is 142 g/mol. The van der Waals surface area contributed by atoms with Crippen molar-refractivity contribution in [2.45, 2.75) is 12.8 Å². The highest BCUT2D eigenvalue weighted by molar-refractivity contribution is 6.15. The van der Waals surface area contributed by atoms with E-state index in [0.717, 1.165) is 12.8 Å². The molecule has 1 aliphatic heterocycles. The van der Waals surface area contributed by atoms with Crippen molar-refractivity contribution in [1.82, 2.24) is 5.32 Å². The third-order valence-electron chi connectivity index (χ3n) is 1.93. The first-order chi connectivity index (χ1) is 5.29. The van der Waals surface area contributed by atoms with Crippen LogP contribution in [-0.4, -0.2) is 11.8 Å². The van der Waals surface area contributed by atoms with Crippen molar-refractivity contribution < 1.29 is 9.59 Å². The van der Waals surface area contributed by atoms with Crippen molar-refractivity contribution in [2.75, 3.05) is 0 Å². The molecule has 1 aliphatic carbocycles. The summed E-state index contributed by atoms with van der Waals surface area (Å²) >= 11 is 0. The average Bonchev–Trinajstić information content (AvgIpc) is 2.30. The number of amides is 2. The lowest BCUT2D eigenvalue weighted by Crippen LogP contribution is -2.22. The second-order valence-corrected chi connectivity index (χ2v) is 2.65. The second-order valence-electron chi connectivity index (χ2n) is 2.65. The topological polar surface area (TPSA) is 46.2 Å². The van der Waals surface area contributed by atoms with Gasteiger partial charge in [0.15, 0.2) is 0 Å². The van der Waals surface area contributed by atoms with Gasteiger partial charge in [0.05, 0.1) is 5.92 Å². The molecule has 3 heteroatoms. The Kier molecular flexibility index (Phi) is 1.31. The first-order valence-corrected chi connectivity index (χ1v) is 3.57. The van der Waals surface area contributed by atoms with Crippen LogP contribution in [0.2, 0.25) is 0 Å². The van der Waals surface area contributed by atoms with Crippen molar-refractivity contribution in [3.05, 3.63) is 18.1 Å². The van der Waals surface area contributed by atoms with Gasteiger partial charge < -0.3 is 0 Å². The lowest BCUT2D eigenvalue weighted by Gasteiger charge is -2.10. The van der Waals surface area contributed by atoms with E-state index in [-0.39, 0.29) is 17.7 Å². The zero-order chi connectivity index (χ0) is 7.84. The highest BCUT2D eigenvalue weighted by atomic mass is 16.2. The Labute approximate surface area is 64.5 Å². The summed E-state index contributed by atoms with van der Waals surface area (Å²) in [5.41, 5.74) is 0.584. The first-order valence-electron chi connectivity index (χ1n) is 3.57. The average molecular weight is 149 g/mol. The molecule has 1 atom stereocenters. The monoisotopic (exact) mass is 149 g/mol. The number of hydrogen-bond donors (Lipinski definition) is 1. The minimum atomic E-state index is -0.378. The number of carbonyl (C=O) groups excluding carboxylic acids is 2. The molecule has 0 aromatic carbocycles. The maximum absolute atomic E-state index is 11.0. The molecule has 2 amide bonds. The van der Waals surface area contributed by atoms with E-state index >= 15 is 0 Å². The van der Waals surface area contributed by atoms with Crippen molar-refractivity contribution >= 4 is 11.8 Å². The van der Waals surface area contributed by atoms with Crippen LogP contribution >= 0.6 is 0 Å². The number of rotatable bonds is 0. The van der Waals surface area contributed by atoms with Gasteiger partial charge in [0, 0.05) is 12.0 Å². The van der Waals surface area contributed by atoms with Crippen molar-refractivity contribution in [2.24, 2.45) is 5.92 Å². The Bertz CT molecular complexity index is 255. The molecule has 56 valence electrons. The third-order valence-corrected chi connectivity index (χ3v) is 1.93. The minimum absolute atomic E-state index is 0.221. The normalized spacial score (nSPS) is 29.5. The summed E-state index contributed by atoms with van der Waals surface area (Å²) in [4.78, 5) is 22.0. The van der Waals surface area contributed by atoms with E-state index in [1.807, 2.05) is 6.08 Å². The summed E-state index contributed by atoms with van der Waals surface area (Å²) in [6, 6.07) is 0. The maximum Gasteiger partial charge on any atom is 0.254 e. The molecule has 3 nitrogen and oxygen atoms in total. The first kappa shape index (κ1) is 6.58. The number of imide groups is 1. The molecule has 1 unspecified atom stereocenters. The number of fused-ring (bicyclic) bond motifs is 1. The van der Waals surface area contributed by atoms with Crippen LogP contribution in [0.25, 0.3) is 0 Å². The Hall–Kier alpha value is -1.12. The fraction of sp³-hybridized carbons (Fsp3) is 0.375. The summed E-state index contributed by atoms with van der Waals surface area (Å²) in [5, 5.41) is 2.25. The summed E-state index contributed by atoms with van der Waals surface area (Å²) in [7, 11) is 0. The quantitative estimate of drug-likeness (QED) is 0.495. The van der Waals surface area contributed by atoms with E-state index in [0.29, 0.717) is 5.57 Å². The lowest BCUT2D eigenvalue weighted by molar-refractivity contribution is -0.125. The molecule has 2 rings (SSSR count). The van der Waals surface area contributed by atoms with Crippen LogP contribution in [0.4, 0.5) is 0 Å². The molecule has 2 radical (unpaired) electrons. The van der Waals surface area contributed by atoms with Gasteiger partial charge in [-0.05, 0) is 12.8 Å². The second kappa shape index (κ2) is 2.19. The van der Waals surface area contributed by atoms with Crippen LogP contribution in [0.3, 0.4) is 0 Å². The van der Waals surface area contributed by atoms with Gasteiger partial charge in [-0.15, -0.1) is 0 Å². The van der Waals surface area contributed by atoms with Gasteiger partial charge in [-0.1, -0.05) is 6.08 Å². The zero-order valence-corrected chi connectivity index (χ0v) is 5.89. The van der Waals surface area contributed by atoms with E-state index in [4.69, 9.17) is 0 Å². The van der Waals surface area contributed by atoms with E-state index < -0.39 is 0 Å².